The van der Waals surface area contributed by atoms with Crippen molar-refractivity contribution in [3.63, 3.8) is 0 Å². The first-order chi connectivity index (χ1) is 24.8. The lowest BCUT2D eigenvalue weighted by Gasteiger charge is -2.09. The van der Waals surface area contributed by atoms with Crippen molar-refractivity contribution in [3.8, 4) is 51.0 Å². The first kappa shape index (κ1) is 28.6. The number of hydrogen-bond donors (Lipinski definition) is 0. The fourth-order valence-corrected chi connectivity index (χ4v) is 8.11. The maximum atomic E-state index is 5.00. The van der Waals surface area contributed by atoms with E-state index in [0.717, 1.165) is 22.4 Å². The summed E-state index contributed by atoms with van der Waals surface area (Å²) in [7, 11) is 0. The first-order valence-electron chi connectivity index (χ1n) is 16.7. The highest BCUT2D eigenvalue weighted by Crippen LogP contribution is 2.40. The third-order valence-electron chi connectivity index (χ3n) is 9.45. The van der Waals surface area contributed by atoms with Crippen LogP contribution in [0.1, 0.15) is 0 Å². The Balaban J connectivity index is 1.14. The molecule has 4 nitrogen and oxygen atoms in total. The molecule has 0 radical (unpaired) electrons. The Morgan fingerprint density at radius 2 is 0.840 bits per heavy atom. The van der Waals surface area contributed by atoms with Gasteiger partial charge in [-0.25, -0.2) is 15.0 Å². The van der Waals surface area contributed by atoms with Gasteiger partial charge >= 0.3 is 0 Å². The van der Waals surface area contributed by atoms with Gasteiger partial charge in [-0.15, -0.1) is 11.3 Å². The second-order valence-corrected chi connectivity index (χ2v) is 13.6. The molecule has 0 atom stereocenters. The van der Waals surface area contributed by atoms with Gasteiger partial charge in [0, 0.05) is 53.3 Å². The number of rotatable bonds is 5. The number of nitrogens with zero attached hydrogens (tertiary/aromatic N) is 4. The molecule has 0 saturated carbocycles. The van der Waals surface area contributed by atoms with Crippen molar-refractivity contribution in [2.24, 2.45) is 0 Å². The van der Waals surface area contributed by atoms with Gasteiger partial charge in [-0.1, -0.05) is 115 Å². The van der Waals surface area contributed by atoms with E-state index >= 15 is 0 Å². The van der Waals surface area contributed by atoms with Crippen LogP contribution < -0.4 is 0 Å². The van der Waals surface area contributed by atoms with E-state index in [1.165, 1.54) is 53.1 Å². The Hall–Kier alpha value is -6.43. The van der Waals surface area contributed by atoms with Crippen LogP contribution in [0.15, 0.2) is 170 Å². The standard InChI is InChI=1S/C45H28N4S/c1-4-12-29(13-5-1)32-20-23-40-36(26-32)35-18-10-11-19-39(35)49(40)34-22-25-42-38(28-34)37-27-33(21-24-41(37)50-42)45-47-43(30-14-6-2-7-15-30)46-44(48-45)31-16-8-3-9-17-31/h1-28H. The Kier molecular flexibility index (Phi) is 6.64. The van der Waals surface area contributed by atoms with Crippen molar-refractivity contribution in [1.29, 1.82) is 0 Å². The SMILES string of the molecule is c1ccc(-c2ccc3c(c2)c2ccccc2n3-c2ccc3sc4ccc(-c5nc(-c6ccccc6)nc(-c6ccccc6)n5)cc4c3c2)cc1. The molecule has 0 aliphatic heterocycles. The van der Waals surface area contributed by atoms with Gasteiger partial charge in [0.05, 0.1) is 11.0 Å². The summed E-state index contributed by atoms with van der Waals surface area (Å²) in [5.41, 5.74) is 8.85. The molecule has 0 fully saturated rings. The highest BCUT2D eigenvalue weighted by Gasteiger charge is 2.17. The fraction of sp³-hybridized carbons (Fsp3) is 0. The molecule has 0 spiro atoms. The summed E-state index contributed by atoms with van der Waals surface area (Å²) in [6.45, 7) is 0. The van der Waals surface area contributed by atoms with E-state index in [0.29, 0.717) is 17.5 Å². The fourth-order valence-electron chi connectivity index (χ4n) is 7.04. The van der Waals surface area contributed by atoms with Crippen molar-refractivity contribution < 1.29 is 0 Å². The van der Waals surface area contributed by atoms with Gasteiger partial charge < -0.3 is 4.57 Å². The molecule has 0 aliphatic rings. The van der Waals surface area contributed by atoms with Crippen LogP contribution in [-0.4, -0.2) is 19.5 Å². The minimum Gasteiger partial charge on any atom is -0.309 e. The summed E-state index contributed by atoms with van der Waals surface area (Å²) in [5, 5.41) is 4.91. The summed E-state index contributed by atoms with van der Waals surface area (Å²) >= 11 is 1.82. The van der Waals surface area contributed by atoms with E-state index < -0.39 is 0 Å². The second-order valence-electron chi connectivity index (χ2n) is 12.5. The van der Waals surface area contributed by atoms with Crippen LogP contribution in [0.25, 0.3) is 93.0 Å². The zero-order chi connectivity index (χ0) is 33.0. The normalized spacial score (nSPS) is 11.6. The van der Waals surface area contributed by atoms with Crippen LogP contribution in [0.5, 0.6) is 0 Å². The maximum Gasteiger partial charge on any atom is 0.164 e. The third kappa shape index (κ3) is 4.79. The van der Waals surface area contributed by atoms with Crippen molar-refractivity contribution in [3.05, 3.63) is 170 Å². The van der Waals surface area contributed by atoms with Crippen molar-refractivity contribution >= 4 is 53.3 Å². The summed E-state index contributed by atoms with van der Waals surface area (Å²) < 4.78 is 4.88. The molecule has 0 aliphatic carbocycles. The van der Waals surface area contributed by atoms with E-state index in [1.807, 2.05) is 72.0 Å². The first-order valence-corrected chi connectivity index (χ1v) is 17.5. The lowest BCUT2D eigenvalue weighted by atomic mass is 10.0. The monoisotopic (exact) mass is 656 g/mol. The Labute approximate surface area is 292 Å². The van der Waals surface area contributed by atoms with E-state index in [9.17, 15) is 0 Å². The summed E-state index contributed by atoms with van der Waals surface area (Å²) in [6.07, 6.45) is 0. The molecule has 0 amide bonds. The van der Waals surface area contributed by atoms with Crippen molar-refractivity contribution in [2.45, 2.75) is 0 Å². The number of benzene rings is 7. The largest absolute Gasteiger partial charge is 0.309 e. The van der Waals surface area contributed by atoms with E-state index in [4.69, 9.17) is 15.0 Å². The Bertz CT molecular complexity index is 2800. The highest BCUT2D eigenvalue weighted by atomic mass is 32.1. The zero-order valence-corrected chi connectivity index (χ0v) is 27.7. The number of para-hydroxylation sites is 1. The third-order valence-corrected chi connectivity index (χ3v) is 10.6. The topological polar surface area (TPSA) is 43.6 Å². The molecule has 0 bridgehead atoms. The minimum absolute atomic E-state index is 0.659. The lowest BCUT2D eigenvalue weighted by molar-refractivity contribution is 1.07. The molecule has 3 heterocycles. The van der Waals surface area contributed by atoms with Gasteiger partial charge in [0.2, 0.25) is 0 Å². The van der Waals surface area contributed by atoms with Crippen LogP contribution in [0.3, 0.4) is 0 Å². The van der Waals surface area contributed by atoms with Gasteiger partial charge in [-0.3, -0.25) is 0 Å². The Morgan fingerprint density at radius 1 is 0.340 bits per heavy atom. The molecule has 10 rings (SSSR count). The zero-order valence-electron chi connectivity index (χ0n) is 26.9. The predicted molar refractivity (Wildman–Crippen MR) is 209 cm³/mol. The van der Waals surface area contributed by atoms with Crippen molar-refractivity contribution in [1.82, 2.24) is 19.5 Å². The summed E-state index contributed by atoms with van der Waals surface area (Å²) in [5.74, 6) is 1.98. The molecule has 0 saturated heterocycles. The molecular weight excluding hydrogens is 629 g/mol. The smallest absolute Gasteiger partial charge is 0.164 e. The van der Waals surface area contributed by atoms with E-state index in [1.54, 1.807) is 0 Å². The van der Waals surface area contributed by atoms with Gasteiger partial charge in [0.1, 0.15) is 0 Å². The predicted octanol–water partition coefficient (Wildman–Crippen LogP) is 12.0. The quantitative estimate of drug-likeness (QED) is 0.185. The van der Waals surface area contributed by atoms with Gasteiger partial charge in [-0.05, 0) is 65.7 Å². The van der Waals surface area contributed by atoms with Crippen LogP contribution in [0.4, 0.5) is 0 Å². The molecule has 3 aromatic heterocycles. The van der Waals surface area contributed by atoms with Gasteiger partial charge in [0.25, 0.3) is 0 Å². The van der Waals surface area contributed by atoms with Crippen LogP contribution in [-0.2, 0) is 0 Å². The molecule has 50 heavy (non-hydrogen) atoms. The Morgan fingerprint density at radius 3 is 1.52 bits per heavy atom. The molecule has 0 unspecified atom stereocenters. The minimum atomic E-state index is 0.659. The number of fused-ring (bicyclic) bond motifs is 6. The molecule has 10 aromatic rings. The molecular formula is C45H28N4S. The number of hydrogen-bond acceptors (Lipinski definition) is 4. The molecule has 5 heteroatoms. The highest BCUT2D eigenvalue weighted by molar-refractivity contribution is 7.25. The van der Waals surface area contributed by atoms with Crippen LogP contribution >= 0.6 is 11.3 Å². The van der Waals surface area contributed by atoms with Crippen LogP contribution in [0.2, 0.25) is 0 Å². The van der Waals surface area contributed by atoms with E-state index in [-0.39, 0.29) is 0 Å². The lowest BCUT2D eigenvalue weighted by Crippen LogP contribution is -2.00. The average Bonchev–Trinajstić information content (AvgIpc) is 3.73. The number of aromatic nitrogens is 4. The number of thiophene rings is 1. The average molecular weight is 657 g/mol. The van der Waals surface area contributed by atoms with Crippen LogP contribution in [0, 0.1) is 0 Å². The molecule has 0 N–H and O–H groups in total. The summed E-state index contributed by atoms with van der Waals surface area (Å²) in [4.78, 5) is 14.9. The maximum absolute atomic E-state index is 5.00. The van der Waals surface area contributed by atoms with Gasteiger partial charge in [0.15, 0.2) is 17.5 Å². The molecule has 7 aromatic carbocycles. The molecule has 234 valence electrons. The second kappa shape index (κ2) is 11.6. The van der Waals surface area contributed by atoms with E-state index in [2.05, 4.69) is 114 Å². The van der Waals surface area contributed by atoms with Crippen molar-refractivity contribution in [2.75, 3.05) is 0 Å². The van der Waals surface area contributed by atoms with Gasteiger partial charge in [-0.2, -0.15) is 0 Å². The summed E-state index contributed by atoms with van der Waals surface area (Å²) in [6, 6.07) is 59.8.